The van der Waals surface area contributed by atoms with Gasteiger partial charge in [-0.2, -0.15) is 0 Å². The average molecular weight is 234 g/mol. The van der Waals surface area contributed by atoms with E-state index in [0.717, 1.165) is 16.9 Å². The van der Waals surface area contributed by atoms with Crippen molar-refractivity contribution in [2.45, 2.75) is 43.9 Å². The molecule has 0 saturated carbocycles. The molecule has 0 fully saturated rings. The van der Waals surface area contributed by atoms with Crippen LogP contribution in [0.3, 0.4) is 0 Å². The van der Waals surface area contributed by atoms with Gasteiger partial charge in [0.15, 0.2) is 5.78 Å². The van der Waals surface area contributed by atoms with Crippen molar-refractivity contribution in [1.82, 2.24) is 0 Å². The molecule has 16 heavy (non-hydrogen) atoms. The van der Waals surface area contributed by atoms with Gasteiger partial charge in [-0.25, -0.2) is 0 Å². The van der Waals surface area contributed by atoms with Gasteiger partial charge in [-0.05, 0) is 29.5 Å². The van der Waals surface area contributed by atoms with Gasteiger partial charge in [-0.1, -0.05) is 33.3 Å². The lowest BCUT2D eigenvalue weighted by atomic mass is 9.80. The molecule has 2 rings (SSSR count). The van der Waals surface area contributed by atoms with Crippen LogP contribution in [0.4, 0.5) is 0 Å². The molecule has 0 amide bonds. The molecule has 0 spiro atoms. The Morgan fingerprint density at radius 2 is 2.12 bits per heavy atom. The predicted octanol–water partition coefficient (Wildman–Crippen LogP) is 4.05. The summed E-state index contributed by atoms with van der Waals surface area (Å²) in [5.41, 5.74) is 2.41. The zero-order valence-corrected chi connectivity index (χ0v) is 11.0. The summed E-state index contributed by atoms with van der Waals surface area (Å²) in [5.74, 6) is 0.904. The molecule has 0 bridgehead atoms. The van der Waals surface area contributed by atoms with Crippen molar-refractivity contribution >= 4 is 17.5 Å². The molecule has 0 aliphatic carbocycles. The summed E-state index contributed by atoms with van der Waals surface area (Å²) in [5, 5.41) is 0. The van der Waals surface area contributed by atoms with Crippen LogP contribution in [-0.2, 0) is 5.41 Å². The molecule has 1 aliphatic rings. The zero-order chi connectivity index (χ0) is 11.8. The summed E-state index contributed by atoms with van der Waals surface area (Å²) in [6.07, 6.45) is 2.33. The maximum absolute atomic E-state index is 11.7. The van der Waals surface area contributed by atoms with Gasteiger partial charge in [-0.3, -0.25) is 4.79 Å². The molecule has 0 N–H and O–H groups in total. The lowest BCUT2D eigenvalue weighted by Gasteiger charge is -2.25. The Balaban J connectivity index is 2.38. The van der Waals surface area contributed by atoms with Gasteiger partial charge >= 0.3 is 0 Å². The van der Waals surface area contributed by atoms with E-state index in [1.807, 2.05) is 0 Å². The SMILES string of the molecule is CCCC(C)(C)c1ccc2c(c1)C(=O)CS2. The third-order valence-electron chi connectivity index (χ3n) is 3.30. The second kappa shape index (κ2) is 4.25. The fraction of sp³-hybridized carbons (Fsp3) is 0.500. The Kier molecular flexibility index (Phi) is 3.11. The van der Waals surface area contributed by atoms with Crippen molar-refractivity contribution in [3.8, 4) is 0 Å². The van der Waals surface area contributed by atoms with Gasteiger partial charge in [0, 0.05) is 10.5 Å². The van der Waals surface area contributed by atoms with Crippen molar-refractivity contribution in [3.05, 3.63) is 29.3 Å². The Bertz CT molecular complexity index is 421. The number of benzene rings is 1. The molecule has 1 nitrogen and oxygen atoms in total. The molecule has 0 saturated heterocycles. The van der Waals surface area contributed by atoms with Gasteiger partial charge in [0.1, 0.15) is 0 Å². The Morgan fingerprint density at radius 1 is 1.38 bits per heavy atom. The van der Waals surface area contributed by atoms with Crippen LogP contribution in [0.5, 0.6) is 0 Å². The highest BCUT2D eigenvalue weighted by molar-refractivity contribution is 8.00. The number of Topliss-reactive ketones (excluding diaryl/α,β-unsaturated/α-hetero) is 1. The monoisotopic (exact) mass is 234 g/mol. The number of thioether (sulfide) groups is 1. The van der Waals surface area contributed by atoms with Gasteiger partial charge in [0.25, 0.3) is 0 Å². The quantitative estimate of drug-likeness (QED) is 0.784. The van der Waals surface area contributed by atoms with E-state index in [-0.39, 0.29) is 11.2 Å². The number of fused-ring (bicyclic) bond motifs is 1. The molecule has 1 aliphatic heterocycles. The highest BCUT2D eigenvalue weighted by atomic mass is 32.2. The normalized spacial score (nSPS) is 15.3. The second-order valence-corrected chi connectivity index (χ2v) is 6.07. The van der Waals surface area contributed by atoms with Crippen LogP contribution in [0, 0.1) is 0 Å². The second-order valence-electron chi connectivity index (χ2n) is 5.06. The fourth-order valence-electron chi connectivity index (χ4n) is 2.29. The maximum Gasteiger partial charge on any atom is 0.174 e. The van der Waals surface area contributed by atoms with E-state index >= 15 is 0 Å². The van der Waals surface area contributed by atoms with E-state index in [9.17, 15) is 4.79 Å². The summed E-state index contributed by atoms with van der Waals surface area (Å²) in [6.45, 7) is 6.71. The Morgan fingerprint density at radius 3 is 2.81 bits per heavy atom. The molecule has 0 atom stereocenters. The smallest absolute Gasteiger partial charge is 0.174 e. The lowest BCUT2D eigenvalue weighted by molar-refractivity contribution is 0.102. The van der Waals surface area contributed by atoms with Crippen molar-refractivity contribution in [2.24, 2.45) is 0 Å². The number of hydrogen-bond acceptors (Lipinski definition) is 2. The van der Waals surface area contributed by atoms with Crippen LogP contribution >= 0.6 is 11.8 Å². The molecule has 1 aromatic carbocycles. The largest absolute Gasteiger partial charge is 0.293 e. The first kappa shape index (κ1) is 11.7. The Labute approximate surface area is 102 Å². The maximum atomic E-state index is 11.7. The number of hydrogen-bond donors (Lipinski definition) is 0. The van der Waals surface area contributed by atoms with Gasteiger partial charge < -0.3 is 0 Å². The third-order valence-corrected chi connectivity index (χ3v) is 4.37. The van der Waals surface area contributed by atoms with E-state index in [2.05, 4.69) is 39.0 Å². The number of rotatable bonds is 3. The Hall–Kier alpha value is -0.760. The van der Waals surface area contributed by atoms with Gasteiger partial charge in [0.2, 0.25) is 0 Å². The van der Waals surface area contributed by atoms with Gasteiger partial charge in [0.05, 0.1) is 5.75 Å². The summed E-state index contributed by atoms with van der Waals surface area (Å²) in [6, 6.07) is 6.39. The van der Waals surface area contributed by atoms with E-state index < -0.39 is 0 Å². The number of carbonyl (C=O) groups excluding carboxylic acids is 1. The first-order valence-electron chi connectivity index (χ1n) is 5.85. The highest BCUT2D eigenvalue weighted by Gasteiger charge is 2.25. The van der Waals surface area contributed by atoms with Crippen molar-refractivity contribution < 1.29 is 4.79 Å². The minimum absolute atomic E-state index is 0.178. The van der Waals surface area contributed by atoms with E-state index in [4.69, 9.17) is 0 Å². The van der Waals surface area contributed by atoms with Crippen LogP contribution in [-0.4, -0.2) is 11.5 Å². The molecular weight excluding hydrogens is 216 g/mol. The minimum Gasteiger partial charge on any atom is -0.293 e. The molecular formula is C14H18OS. The van der Waals surface area contributed by atoms with E-state index in [1.54, 1.807) is 11.8 Å². The van der Waals surface area contributed by atoms with Crippen molar-refractivity contribution in [3.63, 3.8) is 0 Å². The van der Waals surface area contributed by atoms with Crippen LogP contribution < -0.4 is 0 Å². The van der Waals surface area contributed by atoms with Crippen LogP contribution in [0.15, 0.2) is 23.1 Å². The standard InChI is InChI=1S/C14H18OS/c1-4-7-14(2,3)10-5-6-13-11(8-10)12(15)9-16-13/h5-6,8H,4,7,9H2,1-3H3. The summed E-state index contributed by atoms with van der Waals surface area (Å²) in [7, 11) is 0. The lowest BCUT2D eigenvalue weighted by Crippen LogP contribution is -2.17. The molecule has 0 unspecified atom stereocenters. The molecule has 1 heterocycles. The first-order chi connectivity index (χ1) is 7.54. The summed E-state index contributed by atoms with van der Waals surface area (Å²) in [4.78, 5) is 12.8. The third kappa shape index (κ3) is 2.03. The van der Waals surface area contributed by atoms with Crippen LogP contribution in [0.25, 0.3) is 0 Å². The minimum atomic E-state index is 0.178. The number of ketones is 1. The predicted molar refractivity (Wildman–Crippen MR) is 69.4 cm³/mol. The van der Waals surface area contributed by atoms with Crippen molar-refractivity contribution in [1.29, 1.82) is 0 Å². The molecule has 0 aromatic heterocycles. The van der Waals surface area contributed by atoms with E-state index in [0.29, 0.717) is 5.75 Å². The molecule has 86 valence electrons. The molecule has 2 heteroatoms. The highest BCUT2D eigenvalue weighted by Crippen LogP contribution is 2.36. The summed E-state index contributed by atoms with van der Waals surface area (Å²) < 4.78 is 0. The van der Waals surface area contributed by atoms with Crippen LogP contribution in [0.2, 0.25) is 0 Å². The summed E-state index contributed by atoms with van der Waals surface area (Å²) >= 11 is 1.66. The van der Waals surface area contributed by atoms with Crippen molar-refractivity contribution in [2.75, 3.05) is 5.75 Å². The van der Waals surface area contributed by atoms with Gasteiger partial charge in [-0.15, -0.1) is 11.8 Å². The molecule has 1 aromatic rings. The van der Waals surface area contributed by atoms with Crippen LogP contribution in [0.1, 0.15) is 49.5 Å². The number of carbonyl (C=O) groups is 1. The topological polar surface area (TPSA) is 17.1 Å². The zero-order valence-electron chi connectivity index (χ0n) is 10.2. The average Bonchev–Trinajstić information content (AvgIpc) is 2.60. The fourth-order valence-corrected chi connectivity index (χ4v) is 3.22. The van der Waals surface area contributed by atoms with E-state index in [1.165, 1.54) is 12.0 Å². The first-order valence-corrected chi connectivity index (χ1v) is 6.83. The molecule has 0 radical (unpaired) electrons.